The molecule has 0 aliphatic carbocycles. The van der Waals surface area contributed by atoms with Gasteiger partial charge in [-0.15, -0.1) is 0 Å². The molecule has 0 fully saturated rings. The average Bonchev–Trinajstić information content (AvgIpc) is 2.46. The van der Waals surface area contributed by atoms with Crippen LogP contribution in [0.2, 0.25) is 5.02 Å². The van der Waals surface area contributed by atoms with Gasteiger partial charge in [-0.2, -0.15) is 0 Å². The first-order valence-corrected chi connectivity index (χ1v) is 6.63. The summed E-state index contributed by atoms with van der Waals surface area (Å²) in [4.78, 5) is 16.2. The molecule has 0 bridgehead atoms. The number of hydrogen-bond donors (Lipinski definition) is 2. The lowest BCUT2D eigenvalue weighted by atomic mass is 10.1. The van der Waals surface area contributed by atoms with Gasteiger partial charge in [0.05, 0.1) is 5.02 Å². The number of nitrogens with two attached hydrogens (primary N) is 1. The van der Waals surface area contributed by atoms with Crippen LogP contribution in [-0.2, 0) is 6.54 Å². The number of benzene rings is 1. The molecule has 0 spiro atoms. The Kier molecular flexibility index (Phi) is 4.65. The summed E-state index contributed by atoms with van der Waals surface area (Å²) >= 11 is 10.6. The molecule has 3 N–H and O–H groups in total. The molecule has 1 heterocycles. The van der Waals surface area contributed by atoms with Crippen LogP contribution >= 0.6 is 23.8 Å². The van der Waals surface area contributed by atoms with Gasteiger partial charge in [-0.25, -0.2) is 4.98 Å². The first-order chi connectivity index (χ1) is 9.56. The largest absolute Gasteiger partial charge is 0.389 e. The molecule has 4 nitrogen and oxygen atoms in total. The van der Waals surface area contributed by atoms with E-state index in [0.717, 1.165) is 11.1 Å². The van der Waals surface area contributed by atoms with Gasteiger partial charge in [0.1, 0.15) is 10.7 Å². The van der Waals surface area contributed by atoms with Gasteiger partial charge in [-0.3, -0.25) is 4.79 Å². The van der Waals surface area contributed by atoms with E-state index in [2.05, 4.69) is 10.3 Å². The molecule has 102 valence electrons. The molecule has 0 saturated carbocycles. The Morgan fingerprint density at radius 1 is 1.35 bits per heavy atom. The van der Waals surface area contributed by atoms with Crippen molar-refractivity contribution in [1.82, 2.24) is 10.3 Å². The maximum absolute atomic E-state index is 11.9. The second-order valence-corrected chi connectivity index (χ2v) is 4.99. The number of rotatable bonds is 4. The van der Waals surface area contributed by atoms with E-state index in [0.29, 0.717) is 22.2 Å². The predicted molar refractivity (Wildman–Crippen MR) is 82.7 cm³/mol. The third-order valence-electron chi connectivity index (χ3n) is 2.62. The van der Waals surface area contributed by atoms with Gasteiger partial charge in [-0.05, 0) is 23.8 Å². The zero-order valence-electron chi connectivity index (χ0n) is 10.5. The van der Waals surface area contributed by atoms with Crippen LogP contribution in [0, 0.1) is 0 Å². The zero-order chi connectivity index (χ0) is 14.5. The summed E-state index contributed by atoms with van der Waals surface area (Å²) in [5.41, 5.74) is 7.57. The highest BCUT2D eigenvalue weighted by Crippen LogP contribution is 2.07. The van der Waals surface area contributed by atoms with Gasteiger partial charge >= 0.3 is 0 Å². The van der Waals surface area contributed by atoms with E-state index >= 15 is 0 Å². The highest BCUT2D eigenvalue weighted by Gasteiger charge is 2.07. The van der Waals surface area contributed by atoms with Crippen LogP contribution in [0.15, 0.2) is 42.6 Å². The van der Waals surface area contributed by atoms with Crippen molar-refractivity contribution >= 4 is 34.7 Å². The van der Waals surface area contributed by atoms with Crippen molar-refractivity contribution in [1.29, 1.82) is 0 Å². The van der Waals surface area contributed by atoms with E-state index in [1.165, 1.54) is 6.20 Å². The molecule has 0 radical (unpaired) electrons. The van der Waals surface area contributed by atoms with Crippen LogP contribution in [0.4, 0.5) is 0 Å². The van der Waals surface area contributed by atoms with Crippen molar-refractivity contribution in [3.05, 3.63) is 64.4 Å². The van der Waals surface area contributed by atoms with Crippen LogP contribution < -0.4 is 11.1 Å². The smallest absolute Gasteiger partial charge is 0.270 e. The van der Waals surface area contributed by atoms with Crippen molar-refractivity contribution in [3.63, 3.8) is 0 Å². The Morgan fingerprint density at radius 3 is 2.80 bits per heavy atom. The molecule has 0 saturated heterocycles. The quantitative estimate of drug-likeness (QED) is 0.851. The third kappa shape index (κ3) is 3.76. The van der Waals surface area contributed by atoms with Gasteiger partial charge in [0.25, 0.3) is 5.91 Å². The fourth-order valence-electron chi connectivity index (χ4n) is 1.62. The number of pyridine rings is 1. The van der Waals surface area contributed by atoms with Gasteiger partial charge < -0.3 is 11.1 Å². The van der Waals surface area contributed by atoms with Crippen LogP contribution in [0.5, 0.6) is 0 Å². The maximum atomic E-state index is 11.9. The molecule has 1 aromatic carbocycles. The Balaban J connectivity index is 2.01. The Bertz CT molecular complexity index is 643. The van der Waals surface area contributed by atoms with E-state index in [9.17, 15) is 4.79 Å². The van der Waals surface area contributed by atoms with Crippen molar-refractivity contribution in [2.75, 3.05) is 0 Å². The summed E-state index contributed by atoms with van der Waals surface area (Å²) in [5, 5.41) is 3.26. The number of nitrogens with one attached hydrogen (secondary N) is 1. The van der Waals surface area contributed by atoms with Crippen LogP contribution in [0.1, 0.15) is 21.6 Å². The fourth-order valence-corrected chi connectivity index (χ4v) is 1.86. The minimum absolute atomic E-state index is 0.262. The minimum Gasteiger partial charge on any atom is -0.389 e. The van der Waals surface area contributed by atoms with E-state index in [4.69, 9.17) is 29.6 Å². The molecular weight excluding hydrogens is 294 g/mol. The molecule has 0 aliphatic heterocycles. The van der Waals surface area contributed by atoms with Crippen molar-refractivity contribution in [3.8, 4) is 0 Å². The Morgan fingerprint density at radius 2 is 2.15 bits per heavy atom. The molecule has 20 heavy (non-hydrogen) atoms. The molecular formula is C14H12ClN3OS. The number of carbonyl (C=O) groups excluding carboxylic acids is 1. The predicted octanol–water partition coefficient (Wildman–Crippen LogP) is 2.30. The van der Waals surface area contributed by atoms with Gasteiger partial charge in [0.15, 0.2) is 0 Å². The molecule has 0 atom stereocenters. The second kappa shape index (κ2) is 6.45. The summed E-state index contributed by atoms with van der Waals surface area (Å²) in [6, 6.07) is 10.6. The lowest BCUT2D eigenvalue weighted by Crippen LogP contribution is -2.24. The topological polar surface area (TPSA) is 68.0 Å². The van der Waals surface area contributed by atoms with Gasteiger partial charge in [0, 0.05) is 18.3 Å². The summed E-state index contributed by atoms with van der Waals surface area (Å²) in [6.07, 6.45) is 1.43. The number of thiocarbonyl (C=S) groups is 1. The number of halogens is 1. The average molecular weight is 306 g/mol. The number of hydrogen-bond acceptors (Lipinski definition) is 3. The standard InChI is InChI=1S/C14H12ClN3OS/c15-11-4-5-12(17-8-11)14(19)18-7-9-2-1-3-10(6-9)13(16)20/h1-6,8H,7H2,(H2,16,20)(H,18,19). The van der Waals surface area contributed by atoms with E-state index < -0.39 is 0 Å². The molecule has 1 aromatic heterocycles. The number of carbonyl (C=O) groups is 1. The van der Waals surface area contributed by atoms with Crippen molar-refractivity contribution in [2.45, 2.75) is 6.54 Å². The van der Waals surface area contributed by atoms with Gasteiger partial charge in [0.2, 0.25) is 0 Å². The highest BCUT2D eigenvalue weighted by atomic mass is 35.5. The van der Waals surface area contributed by atoms with Gasteiger partial charge in [-0.1, -0.05) is 42.0 Å². The van der Waals surface area contributed by atoms with E-state index in [-0.39, 0.29) is 5.91 Å². The van der Waals surface area contributed by atoms with E-state index in [1.807, 2.05) is 24.3 Å². The fraction of sp³-hybridized carbons (Fsp3) is 0.0714. The highest BCUT2D eigenvalue weighted by molar-refractivity contribution is 7.80. The lowest BCUT2D eigenvalue weighted by molar-refractivity contribution is 0.0946. The summed E-state index contributed by atoms with van der Waals surface area (Å²) in [5.74, 6) is -0.262. The first kappa shape index (κ1) is 14.4. The molecule has 2 rings (SSSR count). The van der Waals surface area contributed by atoms with Crippen LogP contribution in [-0.4, -0.2) is 15.9 Å². The summed E-state index contributed by atoms with van der Waals surface area (Å²) in [6.45, 7) is 0.375. The third-order valence-corrected chi connectivity index (χ3v) is 3.08. The number of aromatic nitrogens is 1. The lowest BCUT2D eigenvalue weighted by Gasteiger charge is -2.06. The Labute approximate surface area is 127 Å². The zero-order valence-corrected chi connectivity index (χ0v) is 12.0. The molecule has 0 unspecified atom stereocenters. The first-order valence-electron chi connectivity index (χ1n) is 5.85. The maximum Gasteiger partial charge on any atom is 0.270 e. The van der Waals surface area contributed by atoms with Crippen LogP contribution in [0.25, 0.3) is 0 Å². The molecule has 1 amide bonds. The number of amides is 1. The van der Waals surface area contributed by atoms with Crippen molar-refractivity contribution < 1.29 is 4.79 Å². The molecule has 6 heteroatoms. The van der Waals surface area contributed by atoms with Crippen LogP contribution in [0.3, 0.4) is 0 Å². The summed E-state index contributed by atoms with van der Waals surface area (Å²) < 4.78 is 0. The second-order valence-electron chi connectivity index (χ2n) is 4.11. The molecule has 2 aromatic rings. The monoisotopic (exact) mass is 305 g/mol. The van der Waals surface area contributed by atoms with E-state index in [1.54, 1.807) is 12.1 Å². The number of nitrogens with zero attached hydrogens (tertiary/aromatic N) is 1. The molecule has 0 aliphatic rings. The minimum atomic E-state index is -0.262. The normalized spacial score (nSPS) is 10.1. The summed E-state index contributed by atoms with van der Waals surface area (Å²) in [7, 11) is 0. The van der Waals surface area contributed by atoms with Crippen molar-refractivity contribution in [2.24, 2.45) is 5.73 Å². The Hall–Kier alpha value is -1.98. The SMILES string of the molecule is NC(=S)c1cccc(CNC(=O)c2ccc(Cl)cn2)c1.